The number of piperidine rings is 1. The normalized spacial score (nSPS) is 20.5. The second kappa shape index (κ2) is 10.4. The molecule has 0 bridgehead atoms. The molecule has 0 saturated carbocycles. The summed E-state index contributed by atoms with van der Waals surface area (Å²) < 4.78 is 27.6. The Balaban J connectivity index is 1.44. The number of carbonyl (C=O) groups excluding carboxylic acids is 1. The average Bonchev–Trinajstić information content (AvgIpc) is 2.85. The van der Waals surface area contributed by atoms with E-state index in [-0.39, 0.29) is 17.3 Å². The lowest BCUT2D eigenvalue weighted by Gasteiger charge is -2.36. The number of anilines is 2. The Morgan fingerprint density at radius 3 is 2.42 bits per heavy atom. The maximum Gasteiger partial charge on any atom is 0.243 e. The molecule has 2 aromatic carbocycles. The summed E-state index contributed by atoms with van der Waals surface area (Å²) in [6.07, 6.45) is 1.31. The average molecular weight is 491 g/mol. The summed E-state index contributed by atoms with van der Waals surface area (Å²) in [5, 5.41) is 3.57. The maximum absolute atomic E-state index is 13.2. The molecular weight excluding hydrogens is 460 g/mol. The summed E-state index contributed by atoms with van der Waals surface area (Å²) >= 11 is 5.91. The molecule has 178 valence electrons. The van der Waals surface area contributed by atoms with Crippen LogP contribution in [0.2, 0.25) is 5.02 Å². The van der Waals surface area contributed by atoms with E-state index in [1.807, 2.05) is 24.3 Å². The molecule has 1 atom stereocenters. The minimum atomic E-state index is -3.67. The van der Waals surface area contributed by atoms with Crippen LogP contribution in [-0.4, -0.2) is 69.3 Å². The van der Waals surface area contributed by atoms with Gasteiger partial charge in [0.15, 0.2) is 0 Å². The summed E-state index contributed by atoms with van der Waals surface area (Å²) in [5.41, 5.74) is 1.80. The van der Waals surface area contributed by atoms with Crippen molar-refractivity contribution in [3.63, 3.8) is 0 Å². The Morgan fingerprint density at radius 2 is 1.73 bits per heavy atom. The first-order valence-electron chi connectivity index (χ1n) is 11.5. The number of nitrogens with one attached hydrogen (secondary N) is 1. The molecule has 7 nitrogen and oxygen atoms in total. The third-order valence-corrected chi connectivity index (χ3v) is 8.66. The van der Waals surface area contributed by atoms with Gasteiger partial charge in [-0.1, -0.05) is 30.7 Å². The van der Waals surface area contributed by atoms with Gasteiger partial charge in [0.05, 0.1) is 22.2 Å². The van der Waals surface area contributed by atoms with Crippen LogP contribution in [0.3, 0.4) is 0 Å². The lowest BCUT2D eigenvalue weighted by molar-refractivity contribution is -0.120. The summed E-state index contributed by atoms with van der Waals surface area (Å²) in [6.45, 7) is 7.63. The number of likely N-dealkylation sites (N-methyl/N-ethyl adjacent to an activating group) is 1. The van der Waals surface area contributed by atoms with Crippen molar-refractivity contribution in [3.05, 3.63) is 53.6 Å². The van der Waals surface area contributed by atoms with Gasteiger partial charge in [-0.15, -0.1) is 0 Å². The molecule has 1 amide bonds. The summed E-state index contributed by atoms with van der Waals surface area (Å²) in [6, 6.07) is 14.0. The Morgan fingerprint density at radius 1 is 1.03 bits per heavy atom. The molecule has 9 heteroatoms. The standard InChI is InChI=1S/C24H31ClN4O3S/c1-2-27-14-16-28(17-15-27)23-8-4-3-7-22(23)26-24(30)19-6-5-13-29(18-19)33(31,32)21-11-9-20(25)10-12-21/h3-4,7-12,19H,2,5-6,13-18H2,1H3,(H,26,30)/t19-/m1/s1. The SMILES string of the molecule is CCN1CCN(c2ccccc2NC(=O)[C@@H]2CCCN(S(=O)(=O)c3ccc(Cl)cc3)C2)CC1. The van der Waals surface area contributed by atoms with Gasteiger partial charge in [-0.05, 0) is 55.8 Å². The first-order chi connectivity index (χ1) is 15.9. The molecule has 2 fully saturated rings. The van der Waals surface area contributed by atoms with Gasteiger partial charge >= 0.3 is 0 Å². The highest BCUT2D eigenvalue weighted by Crippen LogP contribution is 2.29. The highest BCUT2D eigenvalue weighted by Gasteiger charge is 2.33. The number of sulfonamides is 1. The fourth-order valence-electron chi connectivity index (χ4n) is 4.53. The van der Waals surface area contributed by atoms with E-state index in [1.54, 1.807) is 12.1 Å². The predicted octanol–water partition coefficient (Wildman–Crippen LogP) is 3.52. The fraction of sp³-hybridized carbons (Fsp3) is 0.458. The fourth-order valence-corrected chi connectivity index (χ4v) is 6.18. The Hall–Kier alpha value is -2.13. The molecule has 2 aromatic rings. The van der Waals surface area contributed by atoms with E-state index >= 15 is 0 Å². The van der Waals surface area contributed by atoms with Gasteiger partial charge in [-0.3, -0.25) is 4.79 Å². The molecule has 33 heavy (non-hydrogen) atoms. The van der Waals surface area contributed by atoms with E-state index in [2.05, 4.69) is 22.0 Å². The second-order valence-electron chi connectivity index (χ2n) is 8.58. The molecule has 0 unspecified atom stereocenters. The van der Waals surface area contributed by atoms with Gasteiger partial charge in [0.2, 0.25) is 15.9 Å². The molecule has 2 saturated heterocycles. The maximum atomic E-state index is 13.2. The van der Waals surface area contributed by atoms with Crippen molar-refractivity contribution in [1.29, 1.82) is 0 Å². The summed E-state index contributed by atoms with van der Waals surface area (Å²) in [7, 11) is -3.67. The molecule has 2 aliphatic heterocycles. The highest BCUT2D eigenvalue weighted by atomic mass is 35.5. The van der Waals surface area contributed by atoms with Crippen molar-refractivity contribution < 1.29 is 13.2 Å². The number of halogens is 1. The van der Waals surface area contributed by atoms with Crippen molar-refractivity contribution in [2.45, 2.75) is 24.7 Å². The van der Waals surface area contributed by atoms with Crippen LogP contribution in [0.15, 0.2) is 53.4 Å². The van der Waals surface area contributed by atoms with Crippen LogP contribution in [0.5, 0.6) is 0 Å². The van der Waals surface area contributed by atoms with Crippen LogP contribution in [0, 0.1) is 5.92 Å². The number of nitrogens with zero attached hydrogens (tertiary/aromatic N) is 3. The van der Waals surface area contributed by atoms with Gasteiger partial charge in [0, 0.05) is 44.3 Å². The van der Waals surface area contributed by atoms with Gasteiger partial charge in [0.1, 0.15) is 0 Å². The van der Waals surface area contributed by atoms with Crippen molar-refractivity contribution in [2.75, 3.05) is 56.0 Å². The van der Waals surface area contributed by atoms with E-state index in [1.165, 1.54) is 16.4 Å². The van der Waals surface area contributed by atoms with Crippen LogP contribution in [0.25, 0.3) is 0 Å². The quantitative estimate of drug-likeness (QED) is 0.670. The van der Waals surface area contributed by atoms with E-state index in [9.17, 15) is 13.2 Å². The monoisotopic (exact) mass is 490 g/mol. The minimum Gasteiger partial charge on any atom is -0.367 e. The molecule has 2 heterocycles. The Bertz CT molecular complexity index is 1070. The second-order valence-corrected chi connectivity index (χ2v) is 11.0. The molecular formula is C24H31ClN4O3S. The van der Waals surface area contributed by atoms with Crippen molar-refractivity contribution in [3.8, 4) is 0 Å². The van der Waals surface area contributed by atoms with Gasteiger partial charge < -0.3 is 15.1 Å². The molecule has 2 aliphatic rings. The van der Waals surface area contributed by atoms with Gasteiger partial charge in [0.25, 0.3) is 0 Å². The zero-order valence-electron chi connectivity index (χ0n) is 18.9. The number of rotatable bonds is 6. The van der Waals surface area contributed by atoms with Gasteiger partial charge in [-0.25, -0.2) is 8.42 Å². The molecule has 0 radical (unpaired) electrons. The van der Waals surface area contributed by atoms with Crippen molar-refractivity contribution >= 4 is 38.9 Å². The molecule has 1 N–H and O–H groups in total. The smallest absolute Gasteiger partial charge is 0.243 e. The Kier molecular flexibility index (Phi) is 7.58. The lowest BCUT2D eigenvalue weighted by Crippen LogP contribution is -2.46. The van der Waals surface area contributed by atoms with E-state index in [0.29, 0.717) is 24.4 Å². The predicted molar refractivity (Wildman–Crippen MR) is 132 cm³/mol. The largest absolute Gasteiger partial charge is 0.367 e. The van der Waals surface area contributed by atoms with E-state index < -0.39 is 15.9 Å². The van der Waals surface area contributed by atoms with E-state index in [4.69, 9.17) is 11.6 Å². The van der Waals surface area contributed by atoms with Crippen LogP contribution in [0.4, 0.5) is 11.4 Å². The van der Waals surface area contributed by atoms with Crippen molar-refractivity contribution in [1.82, 2.24) is 9.21 Å². The summed E-state index contributed by atoms with van der Waals surface area (Å²) in [4.78, 5) is 18.1. The molecule has 0 aliphatic carbocycles. The number of amides is 1. The molecule has 0 aromatic heterocycles. The number of hydrogen-bond acceptors (Lipinski definition) is 5. The van der Waals surface area contributed by atoms with Crippen LogP contribution in [0.1, 0.15) is 19.8 Å². The zero-order chi connectivity index (χ0) is 23.4. The number of para-hydroxylation sites is 2. The Labute approximate surface area is 201 Å². The van der Waals surface area contributed by atoms with Crippen molar-refractivity contribution in [2.24, 2.45) is 5.92 Å². The summed E-state index contributed by atoms with van der Waals surface area (Å²) in [5.74, 6) is -0.531. The first kappa shape index (κ1) is 24.0. The van der Waals surface area contributed by atoms with Crippen LogP contribution < -0.4 is 10.2 Å². The zero-order valence-corrected chi connectivity index (χ0v) is 20.5. The molecule has 4 rings (SSSR count). The topological polar surface area (TPSA) is 73.0 Å². The first-order valence-corrected chi connectivity index (χ1v) is 13.3. The third-order valence-electron chi connectivity index (χ3n) is 6.53. The van der Waals surface area contributed by atoms with Crippen LogP contribution in [-0.2, 0) is 14.8 Å². The third kappa shape index (κ3) is 5.51. The number of hydrogen-bond donors (Lipinski definition) is 1. The highest BCUT2D eigenvalue weighted by molar-refractivity contribution is 7.89. The molecule has 0 spiro atoms. The minimum absolute atomic E-state index is 0.134. The van der Waals surface area contributed by atoms with Gasteiger partial charge in [-0.2, -0.15) is 4.31 Å². The van der Waals surface area contributed by atoms with Crippen LogP contribution >= 0.6 is 11.6 Å². The number of carbonyl (C=O) groups is 1. The number of piperazine rings is 1. The lowest BCUT2D eigenvalue weighted by atomic mass is 9.98. The number of benzene rings is 2. The van der Waals surface area contributed by atoms with E-state index in [0.717, 1.165) is 44.1 Å².